The van der Waals surface area contributed by atoms with E-state index in [0.29, 0.717) is 26.2 Å². The number of nitrogens with zero attached hydrogens (tertiary/aromatic N) is 2. The van der Waals surface area contributed by atoms with Gasteiger partial charge >= 0.3 is 6.09 Å². The minimum Gasteiger partial charge on any atom is -0.444 e. The summed E-state index contributed by atoms with van der Waals surface area (Å²) in [5.41, 5.74) is 0.886. The van der Waals surface area contributed by atoms with E-state index in [-0.39, 0.29) is 12.0 Å². The molecule has 0 bridgehead atoms. The smallest absolute Gasteiger partial charge is 0.410 e. The third kappa shape index (κ3) is 4.54. The van der Waals surface area contributed by atoms with Crippen molar-refractivity contribution in [2.24, 2.45) is 0 Å². The van der Waals surface area contributed by atoms with Crippen molar-refractivity contribution in [2.75, 3.05) is 26.2 Å². The number of carbonyl (C=O) groups excluding carboxylic acids is 2. The number of carbonyl (C=O) groups is 2. The van der Waals surface area contributed by atoms with E-state index in [1.54, 1.807) is 16.2 Å². The van der Waals surface area contributed by atoms with Gasteiger partial charge in [0.2, 0.25) is 0 Å². The van der Waals surface area contributed by atoms with E-state index < -0.39 is 5.60 Å². The van der Waals surface area contributed by atoms with Crippen LogP contribution in [0.1, 0.15) is 60.1 Å². The van der Waals surface area contributed by atoms with Crippen LogP contribution in [0.4, 0.5) is 4.79 Å². The fourth-order valence-electron chi connectivity index (χ4n) is 3.35. The van der Waals surface area contributed by atoms with Crippen LogP contribution in [0.5, 0.6) is 0 Å². The van der Waals surface area contributed by atoms with Gasteiger partial charge in [0.05, 0.1) is 4.88 Å². The number of ether oxygens (including phenoxy) is 1. The molecule has 0 saturated carbocycles. The fraction of sp³-hybridized carbons (Fsp3) is 0.684. The van der Waals surface area contributed by atoms with Crippen LogP contribution < -0.4 is 0 Å². The highest BCUT2D eigenvalue weighted by Crippen LogP contribution is 2.30. The van der Waals surface area contributed by atoms with Crippen LogP contribution in [0.2, 0.25) is 0 Å². The van der Waals surface area contributed by atoms with Crippen molar-refractivity contribution in [3.05, 3.63) is 21.4 Å². The normalized spacial score (nSPS) is 18.5. The fourth-order valence-corrected chi connectivity index (χ4v) is 4.57. The SMILES string of the molecule is CC(C)(C)OC(=O)N1CCN(C(=O)c2cc3c(s2)CCCCC3)CC1. The number of amides is 2. The molecule has 2 aliphatic rings. The van der Waals surface area contributed by atoms with Gasteiger partial charge in [-0.05, 0) is 58.1 Å². The molecule has 0 unspecified atom stereocenters. The van der Waals surface area contributed by atoms with E-state index in [1.807, 2.05) is 25.7 Å². The monoisotopic (exact) mass is 364 g/mol. The lowest BCUT2D eigenvalue weighted by atomic mass is 10.1. The molecule has 138 valence electrons. The lowest BCUT2D eigenvalue weighted by molar-refractivity contribution is 0.0141. The maximum Gasteiger partial charge on any atom is 0.410 e. The standard InChI is InChI=1S/C19H28N2O3S/c1-19(2,3)24-18(23)21-11-9-20(10-12-21)17(22)16-13-14-7-5-4-6-8-15(14)25-16/h13H,4-12H2,1-3H3. The minimum atomic E-state index is -0.487. The topological polar surface area (TPSA) is 49.9 Å². The van der Waals surface area contributed by atoms with Crippen LogP contribution in [0.25, 0.3) is 0 Å². The zero-order chi connectivity index (χ0) is 18.0. The van der Waals surface area contributed by atoms with Gasteiger partial charge in [-0.1, -0.05) is 6.42 Å². The van der Waals surface area contributed by atoms with Crippen molar-refractivity contribution in [2.45, 2.75) is 58.5 Å². The van der Waals surface area contributed by atoms with Crippen molar-refractivity contribution in [1.82, 2.24) is 9.80 Å². The van der Waals surface area contributed by atoms with E-state index in [9.17, 15) is 9.59 Å². The largest absolute Gasteiger partial charge is 0.444 e. The Morgan fingerprint density at radius 3 is 2.32 bits per heavy atom. The molecule has 1 aliphatic heterocycles. The summed E-state index contributed by atoms with van der Waals surface area (Å²) in [6.07, 6.45) is 5.67. The number of hydrogen-bond donors (Lipinski definition) is 0. The van der Waals surface area contributed by atoms with E-state index in [1.165, 1.54) is 29.7 Å². The molecule has 2 heterocycles. The third-order valence-electron chi connectivity index (χ3n) is 4.68. The lowest BCUT2D eigenvalue weighted by Crippen LogP contribution is -2.51. The number of fused-ring (bicyclic) bond motifs is 1. The molecular formula is C19H28N2O3S. The Morgan fingerprint density at radius 1 is 1.00 bits per heavy atom. The molecule has 1 aliphatic carbocycles. The van der Waals surface area contributed by atoms with E-state index in [4.69, 9.17) is 4.74 Å². The predicted octanol–water partition coefficient (Wildman–Crippen LogP) is 3.71. The Bertz CT molecular complexity index is 616. The van der Waals surface area contributed by atoms with Gasteiger partial charge in [0.1, 0.15) is 5.60 Å². The van der Waals surface area contributed by atoms with Gasteiger partial charge in [0, 0.05) is 31.1 Å². The van der Waals surface area contributed by atoms with Crippen LogP contribution in [0, 0.1) is 0 Å². The minimum absolute atomic E-state index is 0.113. The van der Waals surface area contributed by atoms with Crippen LogP contribution in [0.15, 0.2) is 6.07 Å². The average Bonchev–Trinajstić information content (AvgIpc) is 2.83. The summed E-state index contributed by atoms with van der Waals surface area (Å²) < 4.78 is 5.41. The molecule has 1 aromatic heterocycles. The van der Waals surface area contributed by atoms with Crippen LogP contribution in [-0.4, -0.2) is 53.6 Å². The Kier molecular flexibility index (Phi) is 5.37. The van der Waals surface area contributed by atoms with Gasteiger partial charge < -0.3 is 14.5 Å². The van der Waals surface area contributed by atoms with Crippen LogP contribution in [-0.2, 0) is 17.6 Å². The second-order valence-corrected chi connectivity index (χ2v) is 9.02. The zero-order valence-corrected chi connectivity index (χ0v) is 16.3. The highest BCUT2D eigenvalue weighted by Gasteiger charge is 2.29. The maximum atomic E-state index is 12.8. The van der Waals surface area contributed by atoms with E-state index in [2.05, 4.69) is 6.07 Å². The van der Waals surface area contributed by atoms with Crippen molar-refractivity contribution in [3.63, 3.8) is 0 Å². The molecule has 0 aromatic carbocycles. The highest BCUT2D eigenvalue weighted by molar-refractivity contribution is 7.14. The Balaban J connectivity index is 1.58. The summed E-state index contributed by atoms with van der Waals surface area (Å²) in [5, 5.41) is 0. The van der Waals surface area contributed by atoms with Gasteiger partial charge in [-0.15, -0.1) is 11.3 Å². The summed E-state index contributed by atoms with van der Waals surface area (Å²) >= 11 is 1.67. The number of hydrogen-bond acceptors (Lipinski definition) is 4. The quantitative estimate of drug-likeness (QED) is 0.714. The van der Waals surface area contributed by atoms with Crippen LogP contribution >= 0.6 is 11.3 Å². The van der Waals surface area contributed by atoms with Crippen molar-refractivity contribution in [1.29, 1.82) is 0 Å². The first-order chi connectivity index (χ1) is 11.8. The van der Waals surface area contributed by atoms with Gasteiger partial charge in [-0.25, -0.2) is 4.79 Å². The first-order valence-electron chi connectivity index (χ1n) is 9.22. The second-order valence-electron chi connectivity index (χ2n) is 7.88. The van der Waals surface area contributed by atoms with Crippen molar-refractivity contribution in [3.8, 4) is 0 Å². The second kappa shape index (κ2) is 7.36. The van der Waals surface area contributed by atoms with Crippen molar-refractivity contribution >= 4 is 23.3 Å². The molecule has 0 atom stereocenters. The lowest BCUT2D eigenvalue weighted by Gasteiger charge is -2.35. The number of piperazine rings is 1. The molecule has 1 aromatic rings. The first kappa shape index (κ1) is 18.2. The van der Waals surface area contributed by atoms with Gasteiger partial charge in [0.15, 0.2) is 0 Å². The molecular weight excluding hydrogens is 336 g/mol. The zero-order valence-electron chi connectivity index (χ0n) is 15.5. The van der Waals surface area contributed by atoms with Crippen molar-refractivity contribution < 1.29 is 14.3 Å². The van der Waals surface area contributed by atoms with Crippen LogP contribution in [0.3, 0.4) is 0 Å². The predicted molar refractivity (Wildman–Crippen MR) is 99.3 cm³/mol. The van der Waals surface area contributed by atoms with Gasteiger partial charge in [-0.2, -0.15) is 0 Å². The molecule has 0 radical (unpaired) electrons. The maximum absolute atomic E-state index is 12.8. The Hall–Kier alpha value is -1.56. The van der Waals surface area contributed by atoms with Gasteiger partial charge in [-0.3, -0.25) is 4.79 Å². The molecule has 5 nitrogen and oxygen atoms in total. The number of rotatable bonds is 1. The Morgan fingerprint density at radius 2 is 1.64 bits per heavy atom. The molecule has 2 amide bonds. The Labute approximate surface area is 153 Å². The molecule has 3 rings (SSSR count). The first-order valence-corrected chi connectivity index (χ1v) is 10.0. The highest BCUT2D eigenvalue weighted by atomic mass is 32.1. The average molecular weight is 365 g/mol. The van der Waals surface area contributed by atoms with E-state index >= 15 is 0 Å². The number of aryl methyl sites for hydroxylation is 2. The van der Waals surface area contributed by atoms with Gasteiger partial charge in [0.25, 0.3) is 5.91 Å². The molecule has 1 fully saturated rings. The summed E-state index contributed by atoms with van der Waals surface area (Å²) in [6, 6.07) is 2.11. The summed E-state index contributed by atoms with van der Waals surface area (Å²) in [7, 11) is 0. The molecule has 0 spiro atoms. The molecule has 1 saturated heterocycles. The molecule has 0 N–H and O–H groups in total. The molecule has 25 heavy (non-hydrogen) atoms. The summed E-state index contributed by atoms with van der Waals surface area (Å²) in [4.78, 5) is 30.8. The summed E-state index contributed by atoms with van der Waals surface area (Å²) in [6.45, 7) is 7.81. The molecule has 6 heteroatoms. The van der Waals surface area contributed by atoms with E-state index in [0.717, 1.165) is 17.7 Å². The third-order valence-corrected chi connectivity index (χ3v) is 5.90. The number of thiophene rings is 1. The summed E-state index contributed by atoms with van der Waals surface area (Å²) in [5.74, 6) is 0.113.